The number of nitrogens with zero attached hydrogens (tertiary/aromatic N) is 1. The van der Waals surface area contributed by atoms with E-state index >= 15 is 0 Å². The molecule has 0 saturated heterocycles. The van der Waals surface area contributed by atoms with Gasteiger partial charge in [-0.3, -0.25) is 9.36 Å². The number of carbonyl (C=O) groups is 2. The van der Waals surface area contributed by atoms with E-state index in [0.29, 0.717) is 30.4 Å². The third-order valence-corrected chi connectivity index (χ3v) is 9.14. The number of likely N-dealkylation sites (N-methyl/N-ethyl adjacent to an activating group) is 1. The Morgan fingerprint density at radius 3 is 1.76 bits per heavy atom. The van der Waals surface area contributed by atoms with E-state index in [0.717, 1.165) is 37.8 Å². The van der Waals surface area contributed by atoms with Crippen molar-refractivity contribution >= 4 is 25.5 Å². The van der Waals surface area contributed by atoms with Crippen molar-refractivity contribution in [3.8, 4) is 0 Å². The number of phosphoric ester groups is 1. The first-order valence-electron chi connectivity index (χ1n) is 18.9. The van der Waals surface area contributed by atoms with Crippen LogP contribution in [0.5, 0.6) is 0 Å². The Kier molecular flexibility index (Phi) is 23.8. The van der Waals surface area contributed by atoms with Crippen LogP contribution < -0.4 is 15.5 Å². The first-order valence-corrected chi connectivity index (χ1v) is 20.4. The molecule has 10 nitrogen and oxygen atoms in total. The van der Waals surface area contributed by atoms with E-state index in [1.165, 1.54) is 82.6 Å². The summed E-state index contributed by atoms with van der Waals surface area (Å²) in [4.78, 5) is 36.0. The Morgan fingerprint density at radius 2 is 1.22 bits per heavy atom. The number of anilines is 1. The molecule has 1 aromatic rings. The van der Waals surface area contributed by atoms with Gasteiger partial charge in [0.05, 0.1) is 27.7 Å². The number of para-hydroxylation sites is 1. The van der Waals surface area contributed by atoms with Gasteiger partial charge in [-0.05, 0) is 58.1 Å². The van der Waals surface area contributed by atoms with Gasteiger partial charge < -0.3 is 33.8 Å². The van der Waals surface area contributed by atoms with E-state index in [4.69, 9.17) is 13.8 Å². The summed E-state index contributed by atoms with van der Waals surface area (Å²) in [6, 6.07) is 8.04. The van der Waals surface area contributed by atoms with Gasteiger partial charge in [-0.25, -0.2) is 4.79 Å². The van der Waals surface area contributed by atoms with Crippen molar-refractivity contribution in [3.63, 3.8) is 0 Å². The zero-order chi connectivity index (χ0) is 36.4. The lowest BCUT2D eigenvalue weighted by molar-refractivity contribution is -0.870. The quantitative estimate of drug-likeness (QED) is 0.0483. The second-order valence-corrected chi connectivity index (χ2v) is 16.7. The number of unbranched alkanes of at least 4 members (excludes halogenated alkanes) is 15. The molecule has 0 heterocycles. The monoisotopic (exact) mass is 711 g/mol. The van der Waals surface area contributed by atoms with E-state index < -0.39 is 19.5 Å². The number of nitrogens with one attached hydrogen (secondary N) is 2. The lowest BCUT2D eigenvalue weighted by Crippen LogP contribution is -2.37. The predicted molar refractivity (Wildman–Crippen MR) is 199 cm³/mol. The van der Waals surface area contributed by atoms with Crippen LogP contribution in [0.1, 0.15) is 142 Å². The highest BCUT2D eigenvalue weighted by Gasteiger charge is 2.16. The molecule has 0 aromatic heterocycles. The van der Waals surface area contributed by atoms with Gasteiger partial charge in [0, 0.05) is 18.7 Å². The van der Waals surface area contributed by atoms with Gasteiger partial charge in [-0.1, -0.05) is 108 Å². The highest BCUT2D eigenvalue weighted by Crippen LogP contribution is 2.38. The molecule has 0 aliphatic rings. The van der Waals surface area contributed by atoms with Gasteiger partial charge >= 0.3 is 6.09 Å². The molecule has 1 unspecified atom stereocenters. The summed E-state index contributed by atoms with van der Waals surface area (Å²) < 4.78 is 27.6. The SMILES string of the molecule is CC(C)(C)OC(=O)NCCCC(=O)Nc1ccccc1CCCCCCCCCCCCCCCCCCOP(=O)([O-])OCC[N+](C)(C)C. The summed E-state index contributed by atoms with van der Waals surface area (Å²) in [5, 5.41) is 5.75. The Hall–Kier alpha value is -1.97. The first kappa shape index (κ1) is 45.1. The molecule has 0 bridgehead atoms. The third-order valence-electron chi connectivity index (χ3n) is 8.14. The Morgan fingerprint density at radius 1 is 0.735 bits per heavy atom. The van der Waals surface area contributed by atoms with Crippen LogP contribution in [0.4, 0.5) is 10.5 Å². The largest absolute Gasteiger partial charge is 0.756 e. The lowest BCUT2D eigenvalue weighted by Gasteiger charge is -2.27. The van der Waals surface area contributed by atoms with Crippen molar-refractivity contribution in [1.82, 2.24) is 5.32 Å². The number of phosphoric acid groups is 1. The highest BCUT2D eigenvalue weighted by molar-refractivity contribution is 7.45. The van der Waals surface area contributed by atoms with E-state index in [9.17, 15) is 19.0 Å². The number of carbonyl (C=O) groups excluding carboxylic acids is 2. The molecule has 2 N–H and O–H groups in total. The molecule has 0 aliphatic heterocycles. The van der Waals surface area contributed by atoms with Crippen LogP contribution in [-0.4, -0.2) is 69.5 Å². The summed E-state index contributed by atoms with van der Waals surface area (Å²) in [6.07, 6.45) is 20.8. The van der Waals surface area contributed by atoms with Gasteiger partial charge in [0.25, 0.3) is 7.82 Å². The molecule has 284 valence electrons. The Bertz CT molecular complexity index is 1070. The summed E-state index contributed by atoms with van der Waals surface area (Å²) >= 11 is 0. The molecule has 0 radical (unpaired) electrons. The topological polar surface area (TPSA) is 126 Å². The fourth-order valence-corrected chi connectivity index (χ4v) is 6.09. The number of ether oxygens (including phenoxy) is 1. The number of aryl methyl sites for hydroxylation is 1. The third kappa shape index (κ3) is 28.4. The van der Waals surface area contributed by atoms with Crippen molar-refractivity contribution in [2.75, 3.05) is 52.8 Å². The summed E-state index contributed by atoms with van der Waals surface area (Å²) in [7, 11) is 1.79. The smallest absolute Gasteiger partial charge is 0.407 e. The van der Waals surface area contributed by atoms with Gasteiger partial charge in [0.15, 0.2) is 0 Å². The van der Waals surface area contributed by atoms with Crippen LogP contribution in [0, 0.1) is 0 Å². The van der Waals surface area contributed by atoms with Crippen molar-refractivity contribution in [2.45, 2.75) is 148 Å². The molecular formula is C38H70N3O7P. The minimum absolute atomic E-state index is 0.0396. The predicted octanol–water partition coefficient (Wildman–Crippen LogP) is 8.92. The molecule has 49 heavy (non-hydrogen) atoms. The number of rotatable bonds is 29. The van der Waals surface area contributed by atoms with Crippen LogP contribution in [0.3, 0.4) is 0 Å². The molecule has 1 rings (SSSR count). The molecular weight excluding hydrogens is 641 g/mol. The van der Waals surface area contributed by atoms with Gasteiger partial charge in [-0.2, -0.15) is 0 Å². The molecule has 1 atom stereocenters. The van der Waals surface area contributed by atoms with Gasteiger partial charge in [0.2, 0.25) is 5.91 Å². The fraction of sp³-hybridized carbons (Fsp3) is 0.789. The molecule has 0 fully saturated rings. The summed E-state index contributed by atoms with van der Waals surface area (Å²) in [6.45, 7) is 6.84. The second kappa shape index (κ2) is 25.9. The van der Waals surface area contributed by atoms with Crippen LogP contribution in [0.25, 0.3) is 0 Å². The van der Waals surface area contributed by atoms with Crippen molar-refractivity contribution < 1.29 is 37.3 Å². The maximum Gasteiger partial charge on any atom is 0.407 e. The average molecular weight is 712 g/mol. The second-order valence-electron chi connectivity index (χ2n) is 15.3. The van der Waals surface area contributed by atoms with E-state index in [1.54, 1.807) is 0 Å². The average Bonchev–Trinajstić information content (AvgIpc) is 2.99. The molecule has 0 aliphatic carbocycles. The number of hydrogen-bond acceptors (Lipinski definition) is 7. The zero-order valence-electron chi connectivity index (χ0n) is 31.8. The van der Waals surface area contributed by atoms with E-state index in [-0.39, 0.29) is 19.1 Å². The number of alkyl carbamates (subject to hydrolysis) is 1. The molecule has 11 heteroatoms. The van der Waals surface area contributed by atoms with Crippen LogP contribution in [0.15, 0.2) is 24.3 Å². The normalized spacial score (nSPS) is 13.2. The first-order chi connectivity index (χ1) is 23.2. The maximum atomic E-state index is 12.5. The minimum atomic E-state index is -4.17. The summed E-state index contributed by atoms with van der Waals surface area (Å²) in [5.74, 6) is -0.0396. The zero-order valence-corrected chi connectivity index (χ0v) is 32.7. The minimum Gasteiger partial charge on any atom is -0.756 e. The lowest BCUT2D eigenvalue weighted by atomic mass is 10.0. The van der Waals surface area contributed by atoms with Crippen molar-refractivity contribution in [1.29, 1.82) is 0 Å². The van der Waals surface area contributed by atoms with Crippen molar-refractivity contribution in [3.05, 3.63) is 29.8 Å². The van der Waals surface area contributed by atoms with E-state index in [2.05, 4.69) is 16.7 Å². The summed E-state index contributed by atoms with van der Waals surface area (Å²) in [5.41, 5.74) is 1.54. The van der Waals surface area contributed by atoms with Crippen molar-refractivity contribution in [2.24, 2.45) is 0 Å². The molecule has 2 amide bonds. The Balaban J connectivity index is 1.95. The van der Waals surface area contributed by atoms with Crippen LogP contribution in [-0.2, 0) is 29.6 Å². The molecule has 0 spiro atoms. The standard InChI is InChI=1S/C38H70N3O7P/c1-38(2,3)48-37(43)39-30-25-29-36(42)40-35-28-23-22-27-34(35)26-21-19-17-15-13-11-9-7-8-10-12-14-16-18-20-24-32-46-49(44,45)47-33-31-41(4,5)6/h22-23,27-28H,7-21,24-26,29-33H2,1-6H3,(H2-,39,40,42,43,44,45). The number of hydrogen-bond donors (Lipinski definition) is 2. The Labute approximate surface area is 298 Å². The number of quaternary nitrogens is 1. The fourth-order valence-electron chi connectivity index (χ4n) is 5.36. The molecule has 0 saturated carbocycles. The number of benzene rings is 1. The molecule has 1 aromatic carbocycles. The van der Waals surface area contributed by atoms with Gasteiger partial charge in [-0.15, -0.1) is 0 Å². The van der Waals surface area contributed by atoms with E-state index in [1.807, 2.05) is 60.1 Å². The number of amides is 2. The van der Waals surface area contributed by atoms with Crippen LogP contribution in [0.2, 0.25) is 0 Å². The van der Waals surface area contributed by atoms with Gasteiger partial charge in [0.1, 0.15) is 18.8 Å². The van der Waals surface area contributed by atoms with Crippen LogP contribution >= 0.6 is 7.82 Å². The highest BCUT2D eigenvalue weighted by atomic mass is 31.2. The maximum absolute atomic E-state index is 12.5.